The summed E-state index contributed by atoms with van der Waals surface area (Å²) in [5.41, 5.74) is 1.15. The van der Waals surface area contributed by atoms with Crippen LogP contribution in [0.3, 0.4) is 0 Å². The standard InChI is InChI=1S/C12H24N4O2/c1-15(8-11-6-14-16(2)9-11)10-12(17)7-13-4-5-18-3/h6,9,12-13,17H,4-5,7-8,10H2,1-3H3. The molecule has 1 heterocycles. The molecule has 0 aliphatic heterocycles. The Labute approximate surface area is 109 Å². The smallest absolute Gasteiger partial charge is 0.0791 e. The quantitative estimate of drug-likeness (QED) is 0.580. The zero-order valence-electron chi connectivity index (χ0n) is 11.5. The summed E-state index contributed by atoms with van der Waals surface area (Å²) in [6.07, 6.45) is 3.46. The summed E-state index contributed by atoms with van der Waals surface area (Å²) in [5.74, 6) is 0. The molecule has 0 aliphatic rings. The van der Waals surface area contributed by atoms with Crippen LogP contribution in [0.5, 0.6) is 0 Å². The number of likely N-dealkylation sites (N-methyl/N-ethyl adjacent to an activating group) is 1. The Morgan fingerprint density at radius 2 is 2.39 bits per heavy atom. The number of hydrogen-bond acceptors (Lipinski definition) is 5. The van der Waals surface area contributed by atoms with Gasteiger partial charge in [-0.15, -0.1) is 0 Å². The zero-order chi connectivity index (χ0) is 13.4. The maximum Gasteiger partial charge on any atom is 0.0791 e. The van der Waals surface area contributed by atoms with E-state index in [-0.39, 0.29) is 6.10 Å². The fourth-order valence-corrected chi connectivity index (χ4v) is 1.80. The van der Waals surface area contributed by atoms with Crippen molar-refractivity contribution in [2.45, 2.75) is 12.6 Å². The van der Waals surface area contributed by atoms with Gasteiger partial charge >= 0.3 is 0 Å². The number of aryl methyl sites for hydroxylation is 1. The highest BCUT2D eigenvalue weighted by molar-refractivity contribution is 5.02. The molecular weight excluding hydrogens is 232 g/mol. The van der Waals surface area contributed by atoms with Crippen LogP contribution in [0, 0.1) is 0 Å². The number of ether oxygens (including phenoxy) is 1. The van der Waals surface area contributed by atoms with E-state index in [1.54, 1.807) is 11.8 Å². The van der Waals surface area contributed by atoms with Gasteiger partial charge in [0.15, 0.2) is 0 Å². The van der Waals surface area contributed by atoms with Crippen LogP contribution in [0.1, 0.15) is 5.56 Å². The van der Waals surface area contributed by atoms with Gasteiger partial charge in [-0.1, -0.05) is 0 Å². The Morgan fingerprint density at radius 1 is 1.61 bits per heavy atom. The van der Waals surface area contributed by atoms with Crippen molar-refractivity contribution in [3.63, 3.8) is 0 Å². The molecule has 0 radical (unpaired) electrons. The highest BCUT2D eigenvalue weighted by Gasteiger charge is 2.08. The molecule has 0 fully saturated rings. The van der Waals surface area contributed by atoms with Gasteiger partial charge in [0.25, 0.3) is 0 Å². The first-order valence-corrected chi connectivity index (χ1v) is 6.15. The molecule has 0 amide bonds. The van der Waals surface area contributed by atoms with Crippen LogP contribution in [0.15, 0.2) is 12.4 Å². The summed E-state index contributed by atoms with van der Waals surface area (Å²) in [6.45, 7) is 3.44. The van der Waals surface area contributed by atoms with Gasteiger partial charge in [0, 0.05) is 52.1 Å². The van der Waals surface area contributed by atoms with E-state index < -0.39 is 0 Å². The SMILES string of the molecule is COCCNCC(O)CN(C)Cc1cnn(C)c1. The molecule has 0 bridgehead atoms. The van der Waals surface area contributed by atoms with Crippen LogP contribution in [-0.4, -0.2) is 66.3 Å². The molecule has 1 atom stereocenters. The molecular formula is C12H24N4O2. The molecule has 18 heavy (non-hydrogen) atoms. The fraction of sp³-hybridized carbons (Fsp3) is 0.750. The van der Waals surface area contributed by atoms with Crippen LogP contribution >= 0.6 is 0 Å². The minimum Gasteiger partial charge on any atom is -0.390 e. The fourth-order valence-electron chi connectivity index (χ4n) is 1.80. The summed E-state index contributed by atoms with van der Waals surface area (Å²) in [7, 11) is 5.56. The Bertz CT molecular complexity index is 330. The van der Waals surface area contributed by atoms with Crippen molar-refractivity contribution < 1.29 is 9.84 Å². The second kappa shape index (κ2) is 8.20. The van der Waals surface area contributed by atoms with Crippen LogP contribution < -0.4 is 5.32 Å². The lowest BCUT2D eigenvalue weighted by Crippen LogP contribution is -2.37. The molecule has 0 saturated heterocycles. The van der Waals surface area contributed by atoms with E-state index in [1.807, 2.05) is 26.5 Å². The van der Waals surface area contributed by atoms with Crippen molar-refractivity contribution in [1.82, 2.24) is 20.0 Å². The van der Waals surface area contributed by atoms with Crippen molar-refractivity contribution in [2.75, 3.05) is 40.4 Å². The molecule has 1 unspecified atom stereocenters. The number of rotatable bonds is 9. The van der Waals surface area contributed by atoms with E-state index in [9.17, 15) is 5.11 Å². The lowest BCUT2D eigenvalue weighted by atomic mass is 10.3. The minimum atomic E-state index is -0.372. The predicted octanol–water partition coefficient (Wildman–Crippen LogP) is -0.551. The van der Waals surface area contributed by atoms with Crippen molar-refractivity contribution in [1.29, 1.82) is 0 Å². The van der Waals surface area contributed by atoms with Gasteiger partial charge in [-0.25, -0.2) is 0 Å². The number of aromatic nitrogens is 2. The number of aliphatic hydroxyl groups excluding tert-OH is 1. The van der Waals surface area contributed by atoms with E-state index in [1.165, 1.54) is 0 Å². The largest absolute Gasteiger partial charge is 0.390 e. The maximum atomic E-state index is 9.84. The Kier molecular flexibility index (Phi) is 6.89. The van der Waals surface area contributed by atoms with Crippen molar-refractivity contribution in [3.8, 4) is 0 Å². The first kappa shape index (κ1) is 15.1. The average Bonchev–Trinajstić information content (AvgIpc) is 2.70. The number of hydrogen-bond donors (Lipinski definition) is 2. The number of methoxy groups -OCH3 is 1. The van der Waals surface area contributed by atoms with E-state index in [0.29, 0.717) is 19.7 Å². The first-order valence-electron chi connectivity index (χ1n) is 6.15. The third-order valence-electron chi connectivity index (χ3n) is 2.60. The second-order valence-corrected chi connectivity index (χ2v) is 4.57. The van der Waals surface area contributed by atoms with Crippen LogP contribution in [0.2, 0.25) is 0 Å². The summed E-state index contributed by atoms with van der Waals surface area (Å²) < 4.78 is 6.71. The zero-order valence-corrected chi connectivity index (χ0v) is 11.5. The normalized spacial score (nSPS) is 13.2. The summed E-state index contributed by atoms with van der Waals surface area (Å²) in [6, 6.07) is 0. The van der Waals surface area contributed by atoms with Gasteiger partial charge in [0.2, 0.25) is 0 Å². The van der Waals surface area contributed by atoms with Crippen LogP contribution in [0.4, 0.5) is 0 Å². The Balaban J connectivity index is 2.16. The van der Waals surface area contributed by atoms with E-state index in [2.05, 4.69) is 15.3 Å². The third kappa shape index (κ3) is 6.11. The number of nitrogens with zero attached hydrogens (tertiary/aromatic N) is 3. The monoisotopic (exact) mass is 256 g/mol. The summed E-state index contributed by atoms with van der Waals surface area (Å²) >= 11 is 0. The highest BCUT2D eigenvalue weighted by atomic mass is 16.5. The van der Waals surface area contributed by atoms with Gasteiger partial charge in [0.1, 0.15) is 0 Å². The molecule has 104 valence electrons. The molecule has 1 aromatic heterocycles. The number of nitrogens with one attached hydrogen (secondary N) is 1. The number of aliphatic hydroxyl groups is 1. The van der Waals surface area contributed by atoms with Gasteiger partial charge in [-0.05, 0) is 7.05 Å². The van der Waals surface area contributed by atoms with Crippen molar-refractivity contribution in [2.24, 2.45) is 7.05 Å². The first-order chi connectivity index (χ1) is 8.61. The summed E-state index contributed by atoms with van der Waals surface area (Å²) in [4.78, 5) is 2.08. The molecule has 0 spiro atoms. The van der Waals surface area contributed by atoms with Gasteiger partial charge in [-0.2, -0.15) is 5.10 Å². The van der Waals surface area contributed by atoms with E-state index in [0.717, 1.165) is 18.7 Å². The minimum absolute atomic E-state index is 0.372. The maximum absolute atomic E-state index is 9.84. The van der Waals surface area contributed by atoms with Crippen molar-refractivity contribution >= 4 is 0 Å². The van der Waals surface area contributed by atoms with Gasteiger partial charge in [-0.3, -0.25) is 9.58 Å². The molecule has 0 aromatic carbocycles. The van der Waals surface area contributed by atoms with Gasteiger partial charge in [0.05, 0.1) is 18.9 Å². The van der Waals surface area contributed by atoms with E-state index in [4.69, 9.17) is 4.74 Å². The Hall–Kier alpha value is -0.950. The molecule has 0 aliphatic carbocycles. The Morgan fingerprint density at radius 3 is 3.00 bits per heavy atom. The average molecular weight is 256 g/mol. The highest BCUT2D eigenvalue weighted by Crippen LogP contribution is 2.01. The predicted molar refractivity (Wildman–Crippen MR) is 70.3 cm³/mol. The van der Waals surface area contributed by atoms with Crippen LogP contribution in [0.25, 0.3) is 0 Å². The molecule has 0 saturated carbocycles. The molecule has 6 nitrogen and oxygen atoms in total. The van der Waals surface area contributed by atoms with Gasteiger partial charge < -0.3 is 15.2 Å². The third-order valence-corrected chi connectivity index (χ3v) is 2.60. The summed E-state index contributed by atoms with van der Waals surface area (Å²) in [5, 5.41) is 17.1. The second-order valence-electron chi connectivity index (χ2n) is 4.57. The van der Waals surface area contributed by atoms with Crippen LogP contribution in [-0.2, 0) is 18.3 Å². The molecule has 1 rings (SSSR count). The molecule has 6 heteroatoms. The molecule has 2 N–H and O–H groups in total. The molecule has 1 aromatic rings. The topological polar surface area (TPSA) is 62.5 Å². The van der Waals surface area contributed by atoms with E-state index >= 15 is 0 Å². The lowest BCUT2D eigenvalue weighted by molar-refractivity contribution is 0.117. The van der Waals surface area contributed by atoms with Crippen molar-refractivity contribution in [3.05, 3.63) is 18.0 Å². The lowest BCUT2D eigenvalue weighted by Gasteiger charge is -2.20.